The summed E-state index contributed by atoms with van der Waals surface area (Å²) >= 11 is 0. The van der Waals surface area contributed by atoms with Gasteiger partial charge in [0.2, 0.25) is 0 Å². The number of aliphatic hydroxyl groups excluding tert-OH is 1. The molecule has 2 aromatic rings. The third-order valence-corrected chi connectivity index (χ3v) is 4.77. The topological polar surface area (TPSA) is 89.0 Å². The summed E-state index contributed by atoms with van der Waals surface area (Å²) in [6.45, 7) is 2.29. The van der Waals surface area contributed by atoms with Gasteiger partial charge in [0.1, 0.15) is 11.5 Å². The molecule has 0 saturated carbocycles. The quantitative estimate of drug-likeness (QED) is 0.469. The van der Waals surface area contributed by atoms with Crippen LogP contribution in [0.15, 0.2) is 48.3 Å². The van der Waals surface area contributed by atoms with Gasteiger partial charge in [-0.1, -0.05) is 6.07 Å². The van der Waals surface area contributed by atoms with Gasteiger partial charge in [-0.3, -0.25) is 14.6 Å². The number of methoxy groups -OCH3 is 2. The van der Waals surface area contributed by atoms with E-state index >= 15 is 0 Å². The summed E-state index contributed by atoms with van der Waals surface area (Å²) in [6.07, 6.45) is 3.20. The third kappa shape index (κ3) is 3.48. The number of hydrogen-bond donors (Lipinski definition) is 1. The molecule has 0 aliphatic carbocycles. The molecule has 28 heavy (non-hydrogen) atoms. The Morgan fingerprint density at radius 2 is 2.04 bits per heavy atom. The molecule has 7 nitrogen and oxygen atoms in total. The molecular formula is C21H22N2O5. The van der Waals surface area contributed by atoms with Gasteiger partial charge in [0, 0.05) is 31.6 Å². The van der Waals surface area contributed by atoms with Crippen molar-refractivity contribution in [1.82, 2.24) is 9.88 Å². The Hall–Kier alpha value is -3.19. The van der Waals surface area contributed by atoms with Gasteiger partial charge in [0.15, 0.2) is 0 Å². The Labute approximate surface area is 163 Å². The van der Waals surface area contributed by atoms with Crippen LogP contribution in [0.4, 0.5) is 0 Å². The average Bonchev–Trinajstić information content (AvgIpc) is 2.97. The van der Waals surface area contributed by atoms with Crippen molar-refractivity contribution in [3.63, 3.8) is 0 Å². The molecule has 0 unspecified atom stereocenters. The van der Waals surface area contributed by atoms with Crippen LogP contribution in [-0.2, 0) is 14.3 Å². The van der Waals surface area contributed by atoms with Crippen molar-refractivity contribution in [3.05, 3.63) is 65.0 Å². The van der Waals surface area contributed by atoms with E-state index in [0.717, 1.165) is 5.56 Å². The van der Waals surface area contributed by atoms with Gasteiger partial charge >= 0.3 is 0 Å². The lowest BCUT2D eigenvalue weighted by atomic mass is 9.94. The number of rotatable bonds is 6. The molecule has 1 atom stereocenters. The van der Waals surface area contributed by atoms with E-state index in [0.29, 0.717) is 16.9 Å². The highest BCUT2D eigenvalue weighted by atomic mass is 16.5. The van der Waals surface area contributed by atoms with Crippen molar-refractivity contribution in [2.45, 2.75) is 13.0 Å². The van der Waals surface area contributed by atoms with Gasteiger partial charge in [-0.25, -0.2) is 0 Å². The van der Waals surface area contributed by atoms with Crippen molar-refractivity contribution in [1.29, 1.82) is 0 Å². The van der Waals surface area contributed by atoms with Gasteiger partial charge in [0.05, 0.1) is 25.3 Å². The molecule has 0 bridgehead atoms. The molecule has 0 radical (unpaired) electrons. The number of nitrogens with zero attached hydrogens (tertiary/aromatic N) is 2. The summed E-state index contributed by atoms with van der Waals surface area (Å²) in [5, 5.41) is 11.0. The predicted octanol–water partition coefficient (Wildman–Crippen LogP) is 2.47. The third-order valence-electron chi connectivity index (χ3n) is 4.77. The fourth-order valence-corrected chi connectivity index (χ4v) is 3.36. The molecule has 146 valence electrons. The van der Waals surface area contributed by atoms with Crippen molar-refractivity contribution in [2.24, 2.45) is 0 Å². The smallest absolute Gasteiger partial charge is 0.295 e. The number of pyridine rings is 1. The molecule has 1 N–H and O–H groups in total. The number of hydrogen-bond acceptors (Lipinski definition) is 6. The SMILES string of the molecule is COCCN1C(=O)C(=O)/C(=C(/O)c2ccc(OC)cc2C)[C@H]1c1cccnc1. The van der Waals surface area contributed by atoms with Crippen LogP contribution in [0, 0.1) is 6.92 Å². The van der Waals surface area contributed by atoms with Gasteiger partial charge in [0.25, 0.3) is 11.7 Å². The maximum Gasteiger partial charge on any atom is 0.295 e. The fraction of sp³-hybridized carbons (Fsp3) is 0.286. The van der Waals surface area contributed by atoms with E-state index in [9.17, 15) is 14.7 Å². The molecule has 1 aromatic heterocycles. The summed E-state index contributed by atoms with van der Waals surface area (Å²) in [4.78, 5) is 31.0. The Morgan fingerprint density at radius 3 is 2.64 bits per heavy atom. The summed E-state index contributed by atoms with van der Waals surface area (Å²) < 4.78 is 10.3. The monoisotopic (exact) mass is 382 g/mol. The number of carbonyl (C=O) groups is 2. The zero-order chi connectivity index (χ0) is 20.3. The maximum absolute atomic E-state index is 12.8. The largest absolute Gasteiger partial charge is 0.507 e. The van der Waals surface area contributed by atoms with Crippen molar-refractivity contribution in [2.75, 3.05) is 27.4 Å². The molecule has 1 fully saturated rings. The van der Waals surface area contributed by atoms with Crippen molar-refractivity contribution in [3.8, 4) is 5.75 Å². The minimum absolute atomic E-state index is 0.0439. The van der Waals surface area contributed by atoms with Gasteiger partial charge in [-0.15, -0.1) is 0 Å². The van der Waals surface area contributed by atoms with Crippen LogP contribution in [0.2, 0.25) is 0 Å². The van der Waals surface area contributed by atoms with Crippen LogP contribution in [0.5, 0.6) is 5.75 Å². The van der Waals surface area contributed by atoms with Crippen molar-refractivity contribution >= 4 is 17.4 Å². The molecule has 1 aliphatic heterocycles. The zero-order valence-corrected chi connectivity index (χ0v) is 16.0. The van der Waals surface area contributed by atoms with Crippen LogP contribution in [0.25, 0.3) is 5.76 Å². The highest BCUT2D eigenvalue weighted by Crippen LogP contribution is 2.39. The Balaban J connectivity index is 2.16. The maximum atomic E-state index is 12.8. The number of ketones is 1. The molecule has 7 heteroatoms. The minimum atomic E-state index is -0.731. The first-order valence-corrected chi connectivity index (χ1v) is 8.81. The second-order valence-electron chi connectivity index (χ2n) is 6.45. The molecule has 3 rings (SSSR count). The number of likely N-dealkylation sites (tertiary alicyclic amines) is 1. The fourth-order valence-electron chi connectivity index (χ4n) is 3.36. The lowest BCUT2D eigenvalue weighted by Crippen LogP contribution is -2.32. The minimum Gasteiger partial charge on any atom is -0.507 e. The number of amides is 1. The molecular weight excluding hydrogens is 360 g/mol. The Bertz CT molecular complexity index is 924. The number of aromatic nitrogens is 1. The van der Waals surface area contributed by atoms with Crippen LogP contribution < -0.4 is 4.74 Å². The average molecular weight is 382 g/mol. The second kappa shape index (κ2) is 8.22. The van der Waals surface area contributed by atoms with E-state index in [2.05, 4.69) is 4.98 Å². The first-order chi connectivity index (χ1) is 13.5. The number of aryl methyl sites for hydroxylation is 1. The van der Waals surface area contributed by atoms with Gasteiger partial charge < -0.3 is 19.5 Å². The molecule has 1 amide bonds. The molecule has 1 saturated heterocycles. The summed E-state index contributed by atoms with van der Waals surface area (Å²) in [5.41, 5.74) is 1.89. The Morgan fingerprint density at radius 1 is 1.25 bits per heavy atom. The summed E-state index contributed by atoms with van der Waals surface area (Å²) in [6, 6.07) is 7.90. The Kier molecular flexibility index (Phi) is 5.75. The van der Waals surface area contributed by atoms with Crippen LogP contribution in [-0.4, -0.2) is 54.1 Å². The number of carbonyl (C=O) groups excluding carboxylic acids is 2. The van der Waals surface area contributed by atoms with Crippen LogP contribution in [0.1, 0.15) is 22.7 Å². The number of ether oxygens (including phenoxy) is 2. The summed E-state index contributed by atoms with van der Waals surface area (Å²) in [5.74, 6) is -0.970. The standard InChI is InChI=1S/C21H22N2O5/c1-13-11-15(28-3)6-7-16(13)19(24)17-18(14-5-4-8-22-12-14)23(9-10-27-2)21(26)20(17)25/h4-8,11-12,18,24H,9-10H2,1-3H3/b19-17+/t18-/m1/s1. The zero-order valence-electron chi connectivity index (χ0n) is 16.0. The molecule has 1 aromatic carbocycles. The van der Waals surface area contributed by atoms with E-state index in [1.165, 1.54) is 12.0 Å². The number of Topliss-reactive ketones (excluding diaryl/α,β-unsaturated/α-hetero) is 1. The predicted molar refractivity (Wildman–Crippen MR) is 103 cm³/mol. The van der Waals surface area contributed by atoms with Crippen LogP contribution in [0.3, 0.4) is 0 Å². The van der Waals surface area contributed by atoms with E-state index in [1.807, 2.05) is 0 Å². The summed E-state index contributed by atoms with van der Waals surface area (Å²) in [7, 11) is 3.08. The lowest BCUT2D eigenvalue weighted by Gasteiger charge is -2.24. The van der Waals surface area contributed by atoms with E-state index in [4.69, 9.17) is 9.47 Å². The van der Waals surface area contributed by atoms with E-state index in [1.54, 1.807) is 56.8 Å². The van der Waals surface area contributed by atoms with Gasteiger partial charge in [-0.2, -0.15) is 0 Å². The lowest BCUT2D eigenvalue weighted by molar-refractivity contribution is -0.140. The number of aliphatic hydroxyl groups is 1. The molecule has 1 aliphatic rings. The molecule has 2 heterocycles. The van der Waals surface area contributed by atoms with Crippen LogP contribution >= 0.6 is 0 Å². The van der Waals surface area contributed by atoms with Crippen molar-refractivity contribution < 1.29 is 24.2 Å². The normalized spacial score (nSPS) is 18.5. The first kappa shape index (κ1) is 19.6. The number of benzene rings is 1. The second-order valence-corrected chi connectivity index (χ2v) is 6.45. The first-order valence-electron chi connectivity index (χ1n) is 8.81. The van der Waals surface area contributed by atoms with Gasteiger partial charge in [-0.05, 0) is 42.3 Å². The molecule has 0 spiro atoms. The highest BCUT2D eigenvalue weighted by Gasteiger charge is 2.46. The highest BCUT2D eigenvalue weighted by molar-refractivity contribution is 6.46. The van der Waals surface area contributed by atoms with E-state index in [-0.39, 0.29) is 24.5 Å². The van der Waals surface area contributed by atoms with E-state index < -0.39 is 17.7 Å².